The molecule has 0 aliphatic heterocycles. The van der Waals surface area contributed by atoms with Gasteiger partial charge in [0.2, 0.25) is 0 Å². The van der Waals surface area contributed by atoms with Gasteiger partial charge in [0, 0.05) is 6.04 Å². The van der Waals surface area contributed by atoms with E-state index in [1.807, 2.05) is 0 Å². The van der Waals surface area contributed by atoms with Gasteiger partial charge in [-0.3, -0.25) is 0 Å². The summed E-state index contributed by atoms with van der Waals surface area (Å²) in [5.41, 5.74) is 4.47. The number of hydrogen-bond acceptors (Lipinski definition) is 1. The average molecular weight is 247 g/mol. The Bertz CT molecular complexity index is 353. The monoisotopic (exact) mass is 247 g/mol. The summed E-state index contributed by atoms with van der Waals surface area (Å²) < 4.78 is 0. The van der Waals surface area contributed by atoms with Crippen LogP contribution in [0.5, 0.6) is 0 Å². The first-order chi connectivity index (χ1) is 8.71. The molecule has 1 aromatic carbocycles. The second-order valence-corrected chi connectivity index (χ2v) is 5.08. The van der Waals surface area contributed by atoms with Crippen LogP contribution in [0.4, 0.5) is 0 Å². The van der Waals surface area contributed by atoms with E-state index in [4.69, 9.17) is 0 Å². The van der Waals surface area contributed by atoms with Crippen LogP contribution < -0.4 is 5.32 Å². The molecule has 0 saturated carbocycles. The van der Waals surface area contributed by atoms with Crippen LogP contribution >= 0.6 is 0 Å². The van der Waals surface area contributed by atoms with Gasteiger partial charge in [0.05, 0.1) is 0 Å². The van der Waals surface area contributed by atoms with Crippen molar-refractivity contribution < 1.29 is 0 Å². The van der Waals surface area contributed by atoms with Gasteiger partial charge in [0.1, 0.15) is 0 Å². The van der Waals surface area contributed by atoms with Crippen molar-refractivity contribution in [3.8, 4) is 0 Å². The molecule has 1 heteroatoms. The zero-order valence-corrected chi connectivity index (χ0v) is 12.7. The summed E-state index contributed by atoms with van der Waals surface area (Å²) in [7, 11) is 2.10. The van der Waals surface area contributed by atoms with Crippen molar-refractivity contribution in [2.75, 3.05) is 7.05 Å². The molecular weight excluding hydrogens is 218 g/mol. The van der Waals surface area contributed by atoms with Crippen LogP contribution in [0.2, 0.25) is 0 Å². The van der Waals surface area contributed by atoms with Crippen LogP contribution in [0.25, 0.3) is 0 Å². The zero-order valence-electron chi connectivity index (χ0n) is 12.7. The third-order valence-electron chi connectivity index (χ3n) is 4.17. The summed E-state index contributed by atoms with van der Waals surface area (Å²) in [4.78, 5) is 0. The van der Waals surface area contributed by atoms with Crippen LogP contribution in [0, 0.1) is 5.92 Å². The van der Waals surface area contributed by atoms with Crippen molar-refractivity contribution in [2.24, 2.45) is 5.92 Å². The molecule has 0 spiro atoms. The topological polar surface area (TPSA) is 12.0 Å². The molecule has 0 saturated heterocycles. The lowest BCUT2D eigenvalue weighted by Crippen LogP contribution is -2.25. The predicted molar refractivity (Wildman–Crippen MR) is 81.1 cm³/mol. The van der Waals surface area contributed by atoms with Crippen molar-refractivity contribution in [2.45, 2.75) is 59.4 Å². The number of hydrogen-bond donors (Lipinski definition) is 1. The molecule has 1 atom stereocenters. The summed E-state index contributed by atoms with van der Waals surface area (Å²) in [6.45, 7) is 9.09. The Kier molecular flexibility index (Phi) is 6.42. The minimum Gasteiger partial charge on any atom is -0.313 e. The fraction of sp³-hybridized carbons (Fsp3) is 0.647. The molecule has 102 valence electrons. The molecule has 0 radical (unpaired) electrons. The number of aryl methyl sites for hydroxylation is 2. The molecule has 1 rings (SSSR count). The molecule has 0 aromatic heterocycles. The minimum atomic E-state index is 0.501. The third kappa shape index (κ3) is 3.35. The van der Waals surface area contributed by atoms with Gasteiger partial charge in [-0.25, -0.2) is 0 Å². The van der Waals surface area contributed by atoms with Crippen LogP contribution in [-0.4, -0.2) is 7.05 Å². The number of rotatable bonds is 7. The molecule has 1 unspecified atom stereocenters. The SMILES string of the molecule is CCc1ccc(CC)c(C(NC)C(CC)CC)c1. The number of benzene rings is 1. The van der Waals surface area contributed by atoms with E-state index in [-0.39, 0.29) is 0 Å². The molecule has 0 bridgehead atoms. The normalized spacial score (nSPS) is 13.0. The van der Waals surface area contributed by atoms with Crippen molar-refractivity contribution >= 4 is 0 Å². The van der Waals surface area contributed by atoms with E-state index in [2.05, 4.69) is 58.3 Å². The first-order valence-corrected chi connectivity index (χ1v) is 7.50. The standard InChI is InChI=1S/C17H29N/c1-6-13-10-11-15(9-4)16(12-13)17(18-5)14(7-2)8-3/h10-12,14,17-18H,6-9H2,1-5H3. The fourth-order valence-corrected chi connectivity index (χ4v) is 2.88. The Morgan fingerprint density at radius 3 is 2.11 bits per heavy atom. The van der Waals surface area contributed by atoms with E-state index in [0.29, 0.717) is 6.04 Å². The molecule has 1 nitrogen and oxygen atoms in total. The van der Waals surface area contributed by atoms with Gasteiger partial charge in [-0.1, -0.05) is 58.7 Å². The molecule has 1 N–H and O–H groups in total. The molecule has 0 aliphatic carbocycles. The smallest absolute Gasteiger partial charge is 0.0348 e. The molecule has 0 heterocycles. The Labute approximate surface area is 113 Å². The summed E-state index contributed by atoms with van der Waals surface area (Å²) in [6.07, 6.45) is 4.72. The quantitative estimate of drug-likeness (QED) is 0.747. The van der Waals surface area contributed by atoms with E-state index < -0.39 is 0 Å². The average Bonchev–Trinajstić information content (AvgIpc) is 2.43. The summed E-state index contributed by atoms with van der Waals surface area (Å²) in [5.74, 6) is 0.729. The van der Waals surface area contributed by atoms with Crippen LogP contribution in [0.1, 0.15) is 63.3 Å². The van der Waals surface area contributed by atoms with Gasteiger partial charge in [-0.2, -0.15) is 0 Å². The molecule has 18 heavy (non-hydrogen) atoms. The summed E-state index contributed by atoms with van der Waals surface area (Å²) >= 11 is 0. The second kappa shape index (κ2) is 7.58. The molecule has 1 aromatic rings. The maximum absolute atomic E-state index is 3.55. The molecule has 0 fully saturated rings. The van der Waals surface area contributed by atoms with E-state index in [0.717, 1.165) is 18.8 Å². The van der Waals surface area contributed by atoms with Gasteiger partial charge in [-0.15, -0.1) is 0 Å². The Morgan fingerprint density at radius 2 is 1.67 bits per heavy atom. The van der Waals surface area contributed by atoms with Gasteiger partial charge in [0.25, 0.3) is 0 Å². The van der Waals surface area contributed by atoms with Crippen LogP contribution in [0.3, 0.4) is 0 Å². The van der Waals surface area contributed by atoms with E-state index in [1.54, 1.807) is 0 Å². The lowest BCUT2D eigenvalue weighted by molar-refractivity contribution is 0.358. The van der Waals surface area contributed by atoms with E-state index in [1.165, 1.54) is 29.5 Å². The van der Waals surface area contributed by atoms with Crippen LogP contribution in [0.15, 0.2) is 18.2 Å². The second-order valence-electron chi connectivity index (χ2n) is 5.08. The zero-order chi connectivity index (χ0) is 13.5. The Morgan fingerprint density at radius 1 is 1.00 bits per heavy atom. The maximum atomic E-state index is 3.55. The van der Waals surface area contributed by atoms with Crippen LogP contribution in [-0.2, 0) is 12.8 Å². The minimum absolute atomic E-state index is 0.501. The van der Waals surface area contributed by atoms with Gasteiger partial charge >= 0.3 is 0 Å². The number of nitrogens with one attached hydrogen (secondary N) is 1. The first kappa shape index (κ1) is 15.2. The summed E-state index contributed by atoms with van der Waals surface area (Å²) in [5, 5.41) is 3.55. The highest BCUT2D eigenvalue weighted by Gasteiger charge is 2.20. The van der Waals surface area contributed by atoms with Gasteiger partial charge in [-0.05, 0) is 42.5 Å². The largest absolute Gasteiger partial charge is 0.313 e. The van der Waals surface area contributed by atoms with Crippen molar-refractivity contribution in [1.29, 1.82) is 0 Å². The highest BCUT2D eigenvalue weighted by molar-refractivity contribution is 5.35. The highest BCUT2D eigenvalue weighted by Crippen LogP contribution is 2.30. The molecule has 0 amide bonds. The van der Waals surface area contributed by atoms with E-state index >= 15 is 0 Å². The highest BCUT2D eigenvalue weighted by atomic mass is 14.9. The van der Waals surface area contributed by atoms with Gasteiger partial charge in [0.15, 0.2) is 0 Å². The van der Waals surface area contributed by atoms with Crippen molar-refractivity contribution in [3.05, 3.63) is 34.9 Å². The van der Waals surface area contributed by atoms with Crippen molar-refractivity contribution in [3.63, 3.8) is 0 Å². The maximum Gasteiger partial charge on any atom is 0.0348 e. The Balaban J connectivity index is 3.16. The lowest BCUT2D eigenvalue weighted by atomic mass is 9.85. The lowest BCUT2D eigenvalue weighted by Gasteiger charge is -2.28. The predicted octanol–water partition coefficient (Wildman–Crippen LogP) is 4.51. The van der Waals surface area contributed by atoms with E-state index in [9.17, 15) is 0 Å². The third-order valence-corrected chi connectivity index (χ3v) is 4.17. The Hall–Kier alpha value is -0.820. The van der Waals surface area contributed by atoms with Gasteiger partial charge < -0.3 is 5.32 Å². The first-order valence-electron chi connectivity index (χ1n) is 7.50. The molecule has 0 aliphatic rings. The fourth-order valence-electron chi connectivity index (χ4n) is 2.88. The molecular formula is C17H29N. The summed E-state index contributed by atoms with van der Waals surface area (Å²) in [6, 6.07) is 7.52. The van der Waals surface area contributed by atoms with Crippen molar-refractivity contribution in [1.82, 2.24) is 5.32 Å².